The zero-order valence-electron chi connectivity index (χ0n) is 19.3. The molecule has 3 fully saturated rings. The van der Waals surface area contributed by atoms with Gasteiger partial charge < -0.3 is 20.1 Å². The Kier molecular flexibility index (Phi) is 7.66. The first-order valence-corrected chi connectivity index (χ1v) is 11.9. The van der Waals surface area contributed by atoms with Gasteiger partial charge in [0.2, 0.25) is 0 Å². The zero-order chi connectivity index (χ0) is 22.1. The SMILES string of the molecule is C=C1/C(=C\C=C2/CCC[C@]3(C)[C@@H]([C@@H](C)OC[C@H](O)C(C)C)CC[C@@H]23)C[C@@H](O)C[C@@H]1O. The highest BCUT2D eigenvalue weighted by molar-refractivity contribution is 5.38. The van der Waals surface area contributed by atoms with Crippen LogP contribution in [0.1, 0.15) is 72.6 Å². The van der Waals surface area contributed by atoms with E-state index in [1.807, 2.05) is 13.8 Å². The van der Waals surface area contributed by atoms with Crippen molar-refractivity contribution < 1.29 is 20.1 Å². The van der Waals surface area contributed by atoms with Gasteiger partial charge in [-0.3, -0.25) is 0 Å². The van der Waals surface area contributed by atoms with Crippen molar-refractivity contribution in [1.82, 2.24) is 0 Å². The Morgan fingerprint density at radius 3 is 2.63 bits per heavy atom. The van der Waals surface area contributed by atoms with Crippen LogP contribution >= 0.6 is 0 Å². The van der Waals surface area contributed by atoms with Crippen molar-refractivity contribution in [3.63, 3.8) is 0 Å². The van der Waals surface area contributed by atoms with Crippen LogP contribution in [0.2, 0.25) is 0 Å². The van der Waals surface area contributed by atoms with E-state index in [9.17, 15) is 15.3 Å². The molecular weight excluding hydrogens is 376 g/mol. The third-order valence-corrected chi connectivity index (χ3v) is 8.17. The first kappa shape index (κ1) is 23.7. The Hall–Kier alpha value is -0.940. The molecule has 0 aromatic rings. The van der Waals surface area contributed by atoms with Gasteiger partial charge in [0.25, 0.3) is 0 Å². The smallest absolute Gasteiger partial charge is 0.0811 e. The van der Waals surface area contributed by atoms with Crippen LogP contribution in [0, 0.1) is 23.2 Å². The van der Waals surface area contributed by atoms with Crippen LogP contribution in [-0.4, -0.2) is 46.3 Å². The van der Waals surface area contributed by atoms with E-state index in [1.54, 1.807) is 0 Å². The lowest BCUT2D eigenvalue weighted by Crippen LogP contribution is -2.39. The molecule has 30 heavy (non-hydrogen) atoms. The summed E-state index contributed by atoms with van der Waals surface area (Å²) in [6.07, 6.45) is 9.82. The number of aliphatic hydroxyl groups is 3. The first-order chi connectivity index (χ1) is 14.1. The van der Waals surface area contributed by atoms with Crippen LogP contribution in [0.15, 0.2) is 35.5 Å². The molecule has 170 valence electrons. The van der Waals surface area contributed by atoms with Crippen molar-refractivity contribution in [2.75, 3.05) is 6.61 Å². The summed E-state index contributed by atoms with van der Waals surface area (Å²) in [4.78, 5) is 0. The quantitative estimate of drug-likeness (QED) is 0.592. The van der Waals surface area contributed by atoms with Gasteiger partial charge in [0.1, 0.15) is 0 Å². The Bertz CT molecular complexity index is 679. The van der Waals surface area contributed by atoms with Crippen molar-refractivity contribution in [2.45, 2.75) is 97.1 Å². The average molecular weight is 419 g/mol. The summed E-state index contributed by atoms with van der Waals surface area (Å²) in [5.41, 5.74) is 3.46. The maximum atomic E-state index is 10.1. The zero-order valence-corrected chi connectivity index (χ0v) is 19.3. The van der Waals surface area contributed by atoms with Crippen molar-refractivity contribution in [3.05, 3.63) is 35.5 Å². The topological polar surface area (TPSA) is 69.9 Å². The molecule has 7 atom stereocenters. The molecule has 3 saturated carbocycles. The van der Waals surface area contributed by atoms with Gasteiger partial charge in [-0.2, -0.15) is 0 Å². The summed E-state index contributed by atoms with van der Waals surface area (Å²) in [7, 11) is 0. The Morgan fingerprint density at radius 1 is 1.20 bits per heavy atom. The highest BCUT2D eigenvalue weighted by atomic mass is 16.5. The van der Waals surface area contributed by atoms with Gasteiger partial charge in [0.15, 0.2) is 0 Å². The van der Waals surface area contributed by atoms with Gasteiger partial charge in [0.05, 0.1) is 31.0 Å². The van der Waals surface area contributed by atoms with E-state index in [-0.39, 0.29) is 17.4 Å². The molecule has 0 aromatic heterocycles. The average Bonchev–Trinajstić information content (AvgIpc) is 3.04. The van der Waals surface area contributed by atoms with Crippen molar-refractivity contribution >= 4 is 0 Å². The van der Waals surface area contributed by atoms with E-state index < -0.39 is 18.3 Å². The second-order valence-electron chi connectivity index (χ2n) is 10.5. The number of fused-ring (bicyclic) bond motifs is 1. The normalized spacial score (nSPS) is 39.5. The van der Waals surface area contributed by atoms with Crippen LogP contribution in [-0.2, 0) is 4.74 Å². The third-order valence-electron chi connectivity index (χ3n) is 8.17. The number of aliphatic hydroxyl groups excluding tert-OH is 3. The predicted octanol–water partition coefficient (Wildman–Crippen LogP) is 4.55. The van der Waals surface area contributed by atoms with E-state index in [4.69, 9.17) is 4.74 Å². The highest BCUT2D eigenvalue weighted by Gasteiger charge is 2.51. The second-order valence-corrected chi connectivity index (χ2v) is 10.5. The lowest BCUT2D eigenvalue weighted by atomic mass is 9.62. The van der Waals surface area contributed by atoms with Gasteiger partial charge >= 0.3 is 0 Å². The summed E-state index contributed by atoms with van der Waals surface area (Å²) >= 11 is 0. The monoisotopic (exact) mass is 418 g/mol. The number of rotatable bonds is 6. The van der Waals surface area contributed by atoms with Gasteiger partial charge in [0, 0.05) is 6.42 Å². The molecule has 0 heterocycles. The lowest BCUT2D eigenvalue weighted by Gasteiger charge is -2.44. The first-order valence-electron chi connectivity index (χ1n) is 11.9. The standard InChI is InChI=1S/C26H42O4/c1-16(2)25(29)15-30-18(4)22-10-11-23-19(7-6-12-26(22,23)5)8-9-20-13-21(27)14-24(28)17(20)3/h8-9,16,18,21-25,27-29H,3,6-7,10-15H2,1-2,4-5H3/b19-8+,20-9-/t18-,21-,22-,23+,24+,25+,26-/m1/s1. The molecular formula is C26H42O4. The fraction of sp³-hybridized carbons (Fsp3) is 0.769. The molecule has 0 aromatic carbocycles. The lowest BCUT2D eigenvalue weighted by molar-refractivity contribution is -0.0651. The Labute approximate surface area is 182 Å². The summed E-state index contributed by atoms with van der Waals surface area (Å²) in [6, 6.07) is 0. The van der Waals surface area contributed by atoms with Crippen molar-refractivity contribution in [1.29, 1.82) is 0 Å². The fourth-order valence-electron chi connectivity index (χ4n) is 6.07. The number of hydrogen-bond acceptors (Lipinski definition) is 4. The third kappa shape index (κ3) is 4.93. The summed E-state index contributed by atoms with van der Waals surface area (Å²) in [5, 5.41) is 30.3. The number of hydrogen-bond donors (Lipinski definition) is 3. The van der Waals surface area contributed by atoms with Gasteiger partial charge in [-0.1, -0.05) is 45.1 Å². The van der Waals surface area contributed by atoms with Crippen LogP contribution in [0.4, 0.5) is 0 Å². The van der Waals surface area contributed by atoms with Crippen LogP contribution < -0.4 is 0 Å². The number of allylic oxidation sites excluding steroid dienone is 3. The molecule has 0 spiro atoms. The fourth-order valence-corrected chi connectivity index (χ4v) is 6.07. The molecule has 4 nitrogen and oxygen atoms in total. The maximum Gasteiger partial charge on any atom is 0.0811 e. The van der Waals surface area contributed by atoms with E-state index in [1.165, 1.54) is 24.8 Å². The second kappa shape index (κ2) is 9.68. The van der Waals surface area contributed by atoms with Crippen LogP contribution in [0.5, 0.6) is 0 Å². The summed E-state index contributed by atoms with van der Waals surface area (Å²) < 4.78 is 6.14. The number of ether oxygens (including phenoxy) is 1. The minimum Gasteiger partial charge on any atom is -0.393 e. The van der Waals surface area contributed by atoms with E-state index in [2.05, 4.69) is 32.6 Å². The Balaban J connectivity index is 1.72. The summed E-state index contributed by atoms with van der Waals surface area (Å²) in [6.45, 7) is 13.1. The van der Waals surface area contributed by atoms with Gasteiger partial charge in [-0.25, -0.2) is 0 Å². The summed E-state index contributed by atoms with van der Waals surface area (Å²) in [5.74, 6) is 1.28. The van der Waals surface area contributed by atoms with E-state index in [0.717, 1.165) is 24.0 Å². The molecule has 0 amide bonds. The molecule has 3 rings (SSSR count). The molecule has 3 N–H and O–H groups in total. The molecule has 3 aliphatic rings. The molecule has 0 aliphatic heterocycles. The van der Waals surface area contributed by atoms with Crippen LogP contribution in [0.3, 0.4) is 0 Å². The minimum atomic E-state index is -0.634. The van der Waals surface area contributed by atoms with Gasteiger partial charge in [-0.05, 0) is 79.8 Å². The largest absolute Gasteiger partial charge is 0.393 e. The van der Waals surface area contributed by atoms with Gasteiger partial charge in [-0.15, -0.1) is 0 Å². The van der Waals surface area contributed by atoms with Crippen LogP contribution in [0.25, 0.3) is 0 Å². The van der Waals surface area contributed by atoms with E-state index >= 15 is 0 Å². The molecule has 0 saturated heterocycles. The molecule has 4 heteroatoms. The molecule has 0 bridgehead atoms. The highest BCUT2D eigenvalue weighted by Crippen LogP contribution is 2.58. The molecule has 3 aliphatic carbocycles. The van der Waals surface area contributed by atoms with Crippen molar-refractivity contribution in [3.8, 4) is 0 Å². The van der Waals surface area contributed by atoms with Crippen molar-refractivity contribution in [2.24, 2.45) is 23.2 Å². The molecule has 0 unspecified atom stereocenters. The maximum absolute atomic E-state index is 10.1. The van der Waals surface area contributed by atoms with E-state index in [0.29, 0.717) is 31.3 Å². The predicted molar refractivity (Wildman–Crippen MR) is 121 cm³/mol. The minimum absolute atomic E-state index is 0.148. The Morgan fingerprint density at radius 2 is 1.93 bits per heavy atom. The molecule has 0 radical (unpaired) electrons.